The Morgan fingerprint density at radius 1 is 1.21 bits per heavy atom. The van der Waals surface area contributed by atoms with E-state index in [9.17, 15) is 0 Å². The van der Waals surface area contributed by atoms with Crippen LogP contribution in [0.1, 0.15) is 19.8 Å². The smallest absolute Gasteiger partial charge is 0.180 e. The van der Waals surface area contributed by atoms with Crippen molar-refractivity contribution in [3.05, 3.63) is 24.5 Å². The summed E-state index contributed by atoms with van der Waals surface area (Å²) < 4.78 is 0. The minimum Gasteiger partial charge on any atom is -0.368 e. The molecule has 1 aliphatic rings. The van der Waals surface area contributed by atoms with Crippen molar-refractivity contribution in [3.8, 4) is 0 Å². The van der Waals surface area contributed by atoms with Gasteiger partial charge in [-0.25, -0.2) is 9.97 Å². The van der Waals surface area contributed by atoms with Gasteiger partial charge >= 0.3 is 0 Å². The molecular formula is C14H19N5. The lowest BCUT2D eigenvalue weighted by Gasteiger charge is -2.24. The molecule has 1 fully saturated rings. The lowest BCUT2D eigenvalue weighted by molar-refractivity contribution is 0.269. The van der Waals surface area contributed by atoms with E-state index < -0.39 is 0 Å². The van der Waals surface area contributed by atoms with E-state index in [1.54, 1.807) is 12.4 Å². The molecule has 5 heteroatoms. The first-order valence-corrected chi connectivity index (χ1v) is 6.88. The van der Waals surface area contributed by atoms with E-state index >= 15 is 0 Å². The maximum absolute atomic E-state index is 4.47. The Hall–Kier alpha value is -1.75. The molecule has 1 unspecified atom stereocenters. The van der Waals surface area contributed by atoms with Crippen LogP contribution in [0, 0.1) is 0 Å². The van der Waals surface area contributed by atoms with Crippen LogP contribution in [-0.2, 0) is 0 Å². The number of nitrogens with zero attached hydrogens (tertiary/aromatic N) is 4. The van der Waals surface area contributed by atoms with Crippen LogP contribution in [0.3, 0.4) is 0 Å². The highest BCUT2D eigenvalue weighted by atomic mass is 15.2. The standard InChI is InChI=1S/C14H19N5/c1-11(19-8-2-3-9-19)10-17-13-5-4-12-14(18-13)16-7-6-15-12/h4-7,11H,2-3,8-10H2,1H3,(H,16,17,18). The van der Waals surface area contributed by atoms with Crippen molar-refractivity contribution in [2.24, 2.45) is 0 Å². The first kappa shape index (κ1) is 12.3. The van der Waals surface area contributed by atoms with E-state index in [1.165, 1.54) is 25.9 Å². The third-order valence-electron chi connectivity index (χ3n) is 3.67. The summed E-state index contributed by atoms with van der Waals surface area (Å²) in [5.74, 6) is 0.874. The molecule has 19 heavy (non-hydrogen) atoms. The molecule has 100 valence electrons. The molecule has 0 amide bonds. The summed E-state index contributed by atoms with van der Waals surface area (Å²) >= 11 is 0. The van der Waals surface area contributed by atoms with Crippen LogP contribution < -0.4 is 5.32 Å². The molecule has 0 bridgehead atoms. The fourth-order valence-corrected chi connectivity index (χ4v) is 2.52. The average Bonchev–Trinajstić information content (AvgIpc) is 2.99. The van der Waals surface area contributed by atoms with Crippen LogP contribution >= 0.6 is 0 Å². The Morgan fingerprint density at radius 2 is 2.00 bits per heavy atom. The summed E-state index contributed by atoms with van der Waals surface area (Å²) in [6, 6.07) is 4.47. The topological polar surface area (TPSA) is 53.9 Å². The van der Waals surface area contributed by atoms with Crippen LogP contribution in [0.4, 0.5) is 5.82 Å². The molecule has 5 nitrogen and oxygen atoms in total. The van der Waals surface area contributed by atoms with E-state index in [2.05, 4.69) is 32.1 Å². The number of nitrogens with one attached hydrogen (secondary N) is 1. The maximum atomic E-state index is 4.47. The van der Waals surface area contributed by atoms with Crippen molar-refractivity contribution < 1.29 is 0 Å². The number of aromatic nitrogens is 3. The predicted octanol–water partition coefficient (Wildman–Crippen LogP) is 1.92. The molecule has 3 heterocycles. The summed E-state index contributed by atoms with van der Waals surface area (Å²) in [7, 11) is 0. The third kappa shape index (κ3) is 2.81. The largest absolute Gasteiger partial charge is 0.368 e. The van der Waals surface area contributed by atoms with Gasteiger partial charge in [0.05, 0.1) is 0 Å². The van der Waals surface area contributed by atoms with Crippen LogP contribution in [-0.4, -0.2) is 45.5 Å². The van der Waals surface area contributed by atoms with Crippen molar-refractivity contribution in [1.29, 1.82) is 0 Å². The van der Waals surface area contributed by atoms with Gasteiger partial charge in [0.15, 0.2) is 5.65 Å². The average molecular weight is 257 g/mol. The van der Waals surface area contributed by atoms with E-state index in [-0.39, 0.29) is 0 Å². The molecule has 0 spiro atoms. The quantitative estimate of drug-likeness (QED) is 0.907. The monoisotopic (exact) mass is 257 g/mol. The second kappa shape index (κ2) is 5.48. The van der Waals surface area contributed by atoms with Gasteiger partial charge in [0, 0.05) is 25.0 Å². The van der Waals surface area contributed by atoms with E-state index in [1.807, 2.05) is 12.1 Å². The van der Waals surface area contributed by atoms with E-state index in [4.69, 9.17) is 0 Å². The number of hydrogen-bond acceptors (Lipinski definition) is 5. The first-order valence-electron chi connectivity index (χ1n) is 6.88. The first-order chi connectivity index (χ1) is 9.33. The predicted molar refractivity (Wildman–Crippen MR) is 76.1 cm³/mol. The number of fused-ring (bicyclic) bond motifs is 1. The lowest BCUT2D eigenvalue weighted by Crippen LogP contribution is -2.35. The number of anilines is 1. The zero-order chi connectivity index (χ0) is 13.1. The molecule has 1 aliphatic heterocycles. The second-order valence-corrected chi connectivity index (χ2v) is 5.07. The number of pyridine rings is 1. The minimum atomic E-state index is 0.543. The Kier molecular flexibility index (Phi) is 3.55. The zero-order valence-electron chi connectivity index (χ0n) is 11.2. The summed E-state index contributed by atoms with van der Waals surface area (Å²) in [6.45, 7) is 5.62. The molecule has 2 aromatic heterocycles. The zero-order valence-corrected chi connectivity index (χ0v) is 11.2. The van der Waals surface area contributed by atoms with Crippen LogP contribution in [0.15, 0.2) is 24.5 Å². The summed E-state index contributed by atoms with van der Waals surface area (Å²) in [5.41, 5.74) is 1.53. The molecule has 0 aromatic carbocycles. The molecule has 0 aliphatic carbocycles. The highest BCUT2D eigenvalue weighted by Crippen LogP contribution is 2.13. The second-order valence-electron chi connectivity index (χ2n) is 5.07. The van der Waals surface area contributed by atoms with Crippen molar-refractivity contribution in [2.75, 3.05) is 25.0 Å². The Labute approximate surface area is 113 Å². The van der Waals surface area contributed by atoms with E-state index in [0.29, 0.717) is 11.7 Å². The lowest BCUT2D eigenvalue weighted by atomic mass is 10.3. The van der Waals surface area contributed by atoms with Gasteiger partial charge in [-0.05, 0) is 45.0 Å². The van der Waals surface area contributed by atoms with Gasteiger partial charge in [-0.15, -0.1) is 0 Å². The molecule has 2 aromatic rings. The molecule has 0 saturated carbocycles. The number of rotatable bonds is 4. The van der Waals surface area contributed by atoms with Crippen molar-refractivity contribution in [3.63, 3.8) is 0 Å². The fraction of sp³-hybridized carbons (Fsp3) is 0.500. The van der Waals surface area contributed by atoms with E-state index in [0.717, 1.165) is 17.9 Å². The van der Waals surface area contributed by atoms with Gasteiger partial charge in [0.1, 0.15) is 11.3 Å². The van der Waals surface area contributed by atoms with Gasteiger partial charge in [-0.1, -0.05) is 0 Å². The normalized spacial score (nSPS) is 17.7. The maximum Gasteiger partial charge on any atom is 0.180 e. The summed E-state index contributed by atoms with van der Waals surface area (Å²) in [4.78, 5) is 15.4. The van der Waals surface area contributed by atoms with Gasteiger partial charge < -0.3 is 5.32 Å². The van der Waals surface area contributed by atoms with Gasteiger partial charge in [0.2, 0.25) is 0 Å². The summed E-state index contributed by atoms with van der Waals surface area (Å²) in [5, 5.41) is 3.39. The van der Waals surface area contributed by atoms with Crippen LogP contribution in [0.2, 0.25) is 0 Å². The van der Waals surface area contributed by atoms with Gasteiger partial charge in [-0.2, -0.15) is 0 Å². The molecule has 1 saturated heterocycles. The highest BCUT2D eigenvalue weighted by Gasteiger charge is 2.17. The SMILES string of the molecule is CC(CNc1ccc2nccnc2n1)N1CCCC1. The van der Waals surface area contributed by atoms with Crippen LogP contribution in [0.25, 0.3) is 11.2 Å². The Balaban J connectivity index is 1.64. The van der Waals surface area contributed by atoms with Gasteiger partial charge in [0.25, 0.3) is 0 Å². The van der Waals surface area contributed by atoms with Gasteiger partial charge in [-0.3, -0.25) is 9.88 Å². The highest BCUT2D eigenvalue weighted by molar-refractivity contribution is 5.71. The fourth-order valence-electron chi connectivity index (χ4n) is 2.52. The molecule has 0 radical (unpaired) electrons. The third-order valence-corrected chi connectivity index (χ3v) is 3.67. The van der Waals surface area contributed by atoms with Crippen molar-refractivity contribution >= 4 is 17.0 Å². The van der Waals surface area contributed by atoms with Crippen molar-refractivity contribution in [2.45, 2.75) is 25.8 Å². The van der Waals surface area contributed by atoms with Crippen molar-refractivity contribution in [1.82, 2.24) is 19.9 Å². The number of likely N-dealkylation sites (tertiary alicyclic amines) is 1. The Bertz CT molecular complexity index is 550. The van der Waals surface area contributed by atoms with Crippen LogP contribution in [0.5, 0.6) is 0 Å². The summed E-state index contributed by atoms with van der Waals surface area (Å²) in [6.07, 6.45) is 6.01. The Morgan fingerprint density at radius 3 is 2.84 bits per heavy atom. The molecular weight excluding hydrogens is 238 g/mol. The number of hydrogen-bond donors (Lipinski definition) is 1. The molecule has 1 atom stereocenters. The minimum absolute atomic E-state index is 0.543. The molecule has 1 N–H and O–H groups in total. The molecule has 3 rings (SSSR count).